The predicted octanol–water partition coefficient (Wildman–Crippen LogP) is 0.441. The summed E-state index contributed by atoms with van der Waals surface area (Å²) in [6, 6.07) is 5.38. The van der Waals surface area contributed by atoms with Crippen LogP contribution in [0.25, 0.3) is 0 Å². The van der Waals surface area contributed by atoms with Crippen LogP contribution in [-0.4, -0.2) is 36.8 Å². The van der Waals surface area contributed by atoms with Gasteiger partial charge in [-0.3, -0.25) is 14.9 Å². The minimum atomic E-state index is -3.02. The Balaban J connectivity index is 1.90. The summed E-state index contributed by atoms with van der Waals surface area (Å²) in [4.78, 5) is 21.7. The number of hydrogen-bond acceptors (Lipinski definition) is 5. The van der Waals surface area contributed by atoms with E-state index in [0.717, 1.165) is 0 Å². The summed E-state index contributed by atoms with van der Waals surface area (Å²) < 4.78 is 22.5. The first-order valence-electron chi connectivity index (χ1n) is 6.09. The molecule has 0 saturated carbocycles. The minimum absolute atomic E-state index is 0.0149. The molecule has 0 aromatic heterocycles. The Morgan fingerprint density at radius 1 is 1.35 bits per heavy atom. The van der Waals surface area contributed by atoms with Gasteiger partial charge < -0.3 is 5.32 Å². The second kappa shape index (κ2) is 5.58. The Hall–Kier alpha value is -1.96. The number of carbonyl (C=O) groups is 1. The molecule has 1 N–H and O–H groups in total. The Morgan fingerprint density at radius 2 is 2.00 bits per heavy atom. The molecular weight excluding hydrogens is 284 g/mol. The van der Waals surface area contributed by atoms with Crippen molar-refractivity contribution in [3.63, 3.8) is 0 Å². The number of benzene rings is 1. The molecule has 108 valence electrons. The van der Waals surface area contributed by atoms with E-state index in [1.165, 1.54) is 24.3 Å². The highest BCUT2D eigenvalue weighted by Gasteiger charge is 2.28. The lowest BCUT2D eigenvalue weighted by Crippen LogP contribution is -2.36. The molecule has 1 atom stereocenters. The lowest BCUT2D eigenvalue weighted by molar-refractivity contribution is -0.384. The van der Waals surface area contributed by atoms with Crippen LogP contribution in [0.2, 0.25) is 0 Å². The van der Waals surface area contributed by atoms with Gasteiger partial charge in [-0.2, -0.15) is 0 Å². The highest BCUT2D eigenvalue weighted by molar-refractivity contribution is 7.91. The first-order valence-corrected chi connectivity index (χ1v) is 7.91. The van der Waals surface area contributed by atoms with E-state index in [2.05, 4.69) is 5.32 Å². The first-order chi connectivity index (χ1) is 9.35. The topological polar surface area (TPSA) is 106 Å². The lowest BCUT2D eigenvalue weighted by Gasteiger charge is -2.10. The number of amides is 1. The summed E-state index contributed by atoms with van der Waals surface area (Å²) >= 11 is 0. The average molecular weight is 298 g/mol. The van der Waals surface area contributed by atoms with Crippen molar-refractivity contribution in [2.24, 2.45) is 0 Å². The molecule has 1 fully saturated rings. The third-order valence-electron chi connectivity index (χ3n) is 3.11. The molecule has 0 aliphatic carbocycles. The van der Waals surface area contributed by atoms with Gasteiger partial charge in [0.1, 0.15) is 0 Å². The molecule has 2 rings (SSSR count). The van der Waals surface area contributed by atoms with E-state index in [1.54, 1.807) is 0 Å². The van der Waals surface area contributed by atoms with Crippen LogP contribution in [0.1, 0.15) is 12.0 Å². The second-order valence-corrected chi connectivity index (χ2v) is 7.00. The van der Waals surface area contributed by atoms with Crippen LogP contribution in [0.15, 0.2) is 24.3 Å². The van der Waals surface area contributed by atoms with E-state index in [9.17, 15) is 23.3 Å². The van der Waals surface area contributed by atoms with Gasteiger partial charge in [-0.15, -0.1) is 0 Å². The van der Waals surface area contributed by atoms with Crippen molar-refractivity contribution >= 4 is 21.4 Å². The third-order valence-corrected chi connectivity index (χ3v) is 4.88. The summed E-state index contributed by atoms with van der Waals surface area (Å²) in [5.41, 5.74) is 0.616. The van der Waals surface area contributed by atoms with E-state index in [4.69, 9.17) is 0 Å². The zero-order valence-corrected chi connectivity index (χ0v) is 11.4. The van der Waals surface area contributed by atoms with Crippen molar-refractivity contribution in [2.75, 3.05) is 11.5 Å². The van der Waals surface area contributed by atoms with Crippen molar-refractivity contribution in [3.05, 3.63) is 39.9 Å². The number of hydrogen-bond donors (Lipinski definition) is 1. The van der Waals surface area contributed by atoms with Crippen molar-refractivity contribution in [1.29, 1.82) is 0 Å². The summed E-state index contributed by atoms with van der Waals surface area (Å²) in [7, 11) is -3.02. The fraction of sp³-hybridized carbons (Fsp3) is 0.417. The van der Waals surface area contributed by atoms with Gasteiger partial charge in [0, 0.05) is 18.2 Å². The maximum absolute atomic E-state index is 11.8. The highest BCUT2D eigenvalue weighted by Crippen LogP contribution is 2.14. The van der Waals surface area contributed by atoms with Gasteiger partial charge in [0.2, 0.25) is 5.91 Å². The number of nitro groups is 1. The molecule has 0 radical (unpaired) electrons. The molecule has 20 heavy (non-hydrogen) atoms. The maximum atomic E-state index is 11.8. The molecule has 0 spiro atoms. The molecule has 1 aromatic rings. The monoisotopic (exact) mass is 298 g/mol. The summed E-state index contributed by atoms with van der Waals surface area (Å²) in [6.07, 6.45) is 0.517. The van der Waals surface area contributed by atoms with Crippen molar-refractivity contribution < 1.29 is 18.1 Å². The second-order valence-electron chi connectivity index (χ2n) is 4.77. The summed E-state index contributed by atoms with van der Waals surface area (Å²) in [6.45, 7) is 0. The molecule has 1 amide bonds. The Labute approximate surface area is 116 Å². The summed E-state index contributed by atoms with van der Waals surface area (Å²) in [5, 5.41) is 13.2. The predicted molar refractivity (Wildman–Crippen MR) is 72.0 cm³/mol. The molecule has 7 nitrogen and oxygen atoms in total. The van der Waals surface area contributed by atoms with Gasteiger partial charge in [0.25, 0.3) is 5.69 Å². The van der Waals surface area contributed by atoms with Gasteiger partial charge in [-0.05, 0) is 12.0 Å². The van der Waals surface area contributed by atoms with Crippen LogP contribution in [0.3, 0.4) is 0 Å². The Morgan fingerprint density at radius 3 is 2.50 bits per heavy atom. The van der Waals surface area contributed by atoms with Crippen LogP contribution in [0.4, 0.5) is 5.69 Å². The molecule has 8 heteroatoms. The van der Waals surface area contributed by atoms with Gasteiger partial charge in [-0.1, -0.05) is 12.1 Å². The number of nitrogens with zero attached hydrogens (tertiary/aromatic N) is 1. The van der Waals surface area contributed by atoms with Crippen molar-refractivity contribution in [3.8, 4) is 0 Å². The van der Waals surface area contributed by atoms with Crippen LogP contribution in [0, 0.1) is 10.1 Å². The molecular formula is C12H14N2O5S. The van der Waals surface area contributed by atoms with Gasteiger partial charge in [-0.25, -0.2) is 8.42 Å². The average Bonchev–Trinajstić information content (AvgIpc) is 2.69. The molecule has 1 saturated heterocycles. The number of sulfone groups is 1. The molecule has 0 bridgehead atoms. The van der Waals surface area contributed by atoms with E-state index < -0.39 is 14.8 Å². The molecule has 1 heterocycles. The molecule has 1 aromatic carbocycles. The van der Waals surface area contributed by atoms with Crippen LogP contribution >= 0.6 is 0 Å². The Bertz CT molecular complexity index is 624. The van der Waals surface area contributed by atoms with Gasteiger partial charge in [0.05, 0.1) is 22.8 Å². The number of carbonyl (C=O) groups excluding carboxylic acids is 1. The third kappa shape index (κ3) is 3.77. The van der Waals surface area contributed by atoms with E-state index >= 15 is 0 Å². The lowest BCUT2D eigenvalue weighted by atomic mass is 10.1. The smallest absolute Gasteiger partial charge is 0.269 e. The standard InChI is InChI=1S/C12H14N2O5S/c15-12(13-10-5-6-20(18,19)8-10)7-9-1-3-11(4-2-9)14(16)17/h1-4,10H,5-8H2,(H,13,15)/t10-/m0/s1. The number of rotatable bonds is 4. The van der Waals surface area contributed by atoms with E-state index in [1.807, 2.05) is 0 Å². The first kappa shape index (κ1) is 14.4. The zero-order valence-electron chi connectivity index (χ0n) is 10.6. The molecule has 1 aliphatic heterocycles. The number of nitrogens with one attached hydrogen (secondary N) is 1. The largest absolute Gasteiger partial charge is 0.352 e. The van der Waals surface area contributed by atoms with E-state index in [0.29, 0.717) is 12.0 Å². The van der Waals surface area contributed by atoms with Crippen molar-refractivity contribution in [1.82, 2.24) is 5.32 Å². The fourth-order valence-electron chi connectivity index (χ4n) is 2.11. The number of non-ortho nitro benzene ring substituents is 1. The quantitative estimate of drug-likeness (QED) is 0.641. The van der Waals surface area contributed by atoms with Crippen LogP contribution in [0.5, 0.6) is 0 Å². The normalized spacial score (nSPS) is 20.5. The minimum Gasteiger partial charge on any atom is -0.352 e. The Kier molecular flexibility index (Phi) is 4.03. The van der Waals surface area contributed by atoms with Gasteiger partial charge in [0.15, 0.2) is 9.84 Å². The summed E-state index contributed by atoms with van der Waals surface area (Å²) in [5.74, 6) is -0.185. The van der Waals surface area contributed by atoms with Gasteiger partial charge >= 0.3 is 0 Å². The SMILES string of the molecule is O=C(Cc1ccc([N+](=O)[O-])cc1)N[C@H]1CCS(=O)(=O)C1. The molecule has 0 unspecified atom stereocenters. The zero-order chi connectivity index (χ0) is 14.8. The number of nitro benzene ring substituents is 1. The maximum Gasteiger partial charge on any atom is 0.269 e. The highest BCUT2D eigenvalue weighted by atomic mass is 32.2. The molecule has 1 aliphatic rings. The van der Waals surface area contributed by atoms with Crippen molar-refractivity contribution in [2.45, 2.75) is 18.9 Å². The van der Waals surface area contributed by atoms with Crippen LogP contribution < -0.4 is 5.32 Å². The fourth-order valence-corrected chi connectivity index (χ4v) is 3.78. The van der Waals surface area contributed by atoms with E-state index in [-0.39, 0.29) is 35.6 Å². The van der Waals surface area contributed by atoms with Crippen LogP contribution in [-0.2, 0) is 21.1 Å².